The number of aromatic amines is 1. The molecule has 3 aromatic rings. The highest BCUT2D eigenvalue weighted by molar-refractivity contribution is 5.93. The van der Waals surface area contributed by atoms with Gasteiger partial charge in [0.1, 0.15) is 11.6 Å². The van der Waals surface area contributed by atoms with Gasteiger partial charge in [-0.3, -0.25) is 9.89 Å². The number of rotatable bonds is 4. The zero-order valence-electron chi connectivity index (χ0n) is 16.8. The average Bonchev–Trinajstić information content (AvgIpc) is 3.18. The van der Waals surface area contributed by atoms with Crippen LogP contribution in [0.15, 0.2) is 18.3 Å². The zero-order chi connectivity index (χ0) is 21.7. The Labute approximate surface area is 177 Å². The van der Waals surface area contributed by atoms with E-state index in [0.29, 0.717) is 17.0 Å². The predicted octanol–water partition coefficient (Wildman–Crippen LogP) is 4.65. The molecule has 158 valence electrons. The number of Topliss-reactive ketones (excluding diaryl/α,β-unsaturated/α-hetero) is 1. The van der Waals surface area contributed by atoms with Crippen molar-refractivity contribution in [3.8, 4) is 11.4 Å². The number of H-pyrrole nitrogens is 1. The lowest BCUT2D eigenvalue weighted by molar-refractivity contribution is -0.126. The summed E-state index contributed by atoms with van der Waals surface area (Å²) in [6, 6.07) is 2.16. The maximum atomic E-state index is 14.9. The number of halogens is 2. The monoisotopic (exact) mass is 422 g/mol. The number of carbonyl (C=O) groups is 1. The molecule has 2 bridgehead atoms. The molecule has 0 aliphatic heterocycles. The maximum Gasteiger partial charge on any atom is 0.217 e. The van der Waals surface area contributed by atoms with E-state index < -0.39 is 11.6 Å². The molecule has 7 nitrogen and oxygen atoms in total. The minimum absolute atomic E-state index is 0.0155. The quantitative estimate of drug-likeness (QED) is 0.598. The van der Waals surface area contributed by atoms with Crippen molar-refractivity contribution in [3.63, 3.8) is 0 Å². The van der Waals surface area contributed by atoms with Crippen LogP contribution in [0.25, 0.3) is 27.3 Å². The smallest absolute Gasteiger partial charge is 0.217 e. The molecule has 0 amide bonds. The van der Waals surface area contributed by atoms with Crippen LogP contribution in [0.4, 0.5) is 20.3 Å². The number of fused-ring (bicyclic) bond motifs is 4. The molecule has 6 rings (SSSR count). The highest BCUT2D eigenvalue weighted by atomic mass is 19.1. The number of hydrogen-bond acceptors (Lipinski definition) is 5. The lowest BCUT2D eigenvalue weighted by Crippen LogP contribution is -2.51. The predicted molar refractivity (Wildman–Crippen MR) is 110 cm³/mol. The van der Waals surface area contributed by atoms with Gasteiger partial charge in [-0.1, -0.05) is 0 Å². The summed E-state index contributed by atoms with van der Waals surface area (Å²) in [5.74, 6) is -0.728. The molecule has 3 saturated carbocycles. The standard InChI is InChI=1S/C22H20F2N6O/c1-10(31)17-11-3-5-12(6-4-11)18(17)27-22-15(24)8-16(25-2)20(28-22)19-14-7-13(23)9-26-21(14)30-29-19/h7-9,11-12,17-18H,3-6H2,1H3,(H,27,28)(H,26,29,30)/t11?,12?,17-,18-/m0/s1. The minimum atomic E-state index is -0.661. The first-order chi connectivity index (χ1) is 15.0. The van der Waals surface area contributed by atoms with Crippen molar-refractivity contribution in [3.05, 3.63) is 41.4 Å². The maximum absolute atomic E-state index is 14.9. The Morgan fingerprint density at radius 1 is 1.23 bits per heavy atom. The van der Waals surface area contributed by atoms with Crippen LogP contribution in [0.3, 0.4) is 0 Å². The van der Waals surface area contributed by atoms with Crippen LogP contribution in [-0.2, 0) is 4.79 Å². The van der Waals surface area contributed by atoms with Gasteiger partial charge in [0.15, 0.2) is 17.3 Å². The Kier molecular flexibility index (Phi) is 4.65. The number of anilines is 1. The summed E-state index contributed by atoms with van der Waals surface area (Å²) in [6.45, 7) is 9.04. The number of nitrogens with one attached hydrogen (secondary N) is 2. The molecule has 3 aromatic heterocycles. The normalized spacial score (nSPS) is 24.8. The van der Waals surface area contributed by atoms with Gasteiger partial charge in [-0.05, 0) is 56.6 Å². The fourth-order valence-corrected chi connectivity index (χ4v) is 5.30. The van der Waals surface area contributed by atoms with Gasteiger partial charge in [0.05, 0.1) is 24.2 Å². The molecule has 0 aromatic carbocycles. The van der Waals surface area contributed by atoms with Gasteiger partial charge in [-0.2, -0.15) is 5.10 Å². The number of pyridine rings is 2. The summed E-state index contributed by atoms with van der Waals surface area (Å²) in [5, 5.41) is 10.3. The second kappa shape index (κ2) is 7.38. The Bertz CT molecular complexity index is 1220. The van der Waals surface area contributed by atoms with E-state index in [1.807, 2.05) is 0 Å². The van der Waals surface area contributed by atoms with Crippen molar-refractivity contribution in [2.45, 2.75) is 38.6 Å². The van der Waals surface area contributed by atoms with Crippen LogP contribution in [0, 0.1) is 36.0 Å². The summed E-state index contributed by atoms with van der Waals surface area (Å²) in [5.41, 5.74) is 0.707. The molecule has 31 heavy (non-hydrogen) atoms. The summed E-state index contributed by atoms with van der Waals surface area (Å²) in [6.07, 6.45) is 5.08. The van der Waals surface area contributed by atoms with E-state index >= 15 is 0 Å². The molecule has 2 N–H and O–H groups in total. The second-order valence-electron chi connectivity index (χ2n) is 8.40. The van der Waals surface area contributed by atoms with E-state index in [-0.39, 0.29) is 46.5 Å². The molecule has 3 heterocycles. The minimum Gasteiger partial charge on any atom is -0.364 e. The largest absolute Gasteiger partial charge is 0.364 e. The molecule has 0 spiro atoms. The number of ketones is 1. The summed E-state index contributed by atoms with van der Waals surface area (Å²) >= 11 is 0. The Morgan fingerprint density at radius 3 is 2.68 bits per heavy atom. The SMILES string of the molecule is [C-]#[N+]c1cc(F)c(N[C@H]2C3CCC(CC3)[C@@H]2C(C)=O)nc1-c1[nH]nc2ncc(F)cc12. The third kappa shape index (κ3) is 3.23. The van der Waals surface area contributed by atoms with Crippen LogP contribution in [0.1, 0.15) is 32.6 Å². The summed E-state index contributed by atoms with van der Waals surface area (Å²) < 4.78 is 28.7. The molecular formula is C22H20F2N6O. The molecule has 0 saturated heterocycles. The molecule has 3 aliphatic carbocycles. The molecular weight excluding hydrogens is 402 g/mol. The van der Waals surface area contributed by atoms with Gasteiger partial charge < -0.3 is 5.32 Å². The first kappa shape index (κ1) is 19.5. The Hall–Kier alpha value is -3.41. The fourth-order valence-electron chi connectivity index (χ4n) is 5.30. The van der Waals surface area contributed by atoms with Gasteiger partial charge in [0.2, 0.25) is 5.69 Å². The van der Waals surface area contributed by atoms with Crippen LogP contribution < -0.4 is 5.32 Å². The number of carbonyl (C=O) groups excluding carboxylic acids is 1. The molecule has 0 unspecified atom stereocenters. The zero-order valence-corrected chi connectivity index (χ0v) is 16.8. The van der Waals surface area contributed by atoms with Crippen molar-refractivity contribution in [1.29, 1.82) is 0 Å². The topological polar surface area (TPSA) is 87.9 Å². The van der Waals surface area contributed by atoms with Crippen molar-refractivity contribution in [1.82, 2.24) is 20.2 Å². The highest BCUT2D eigenvalue weighted by Crippen LogP contribution is 2.47. The van der Waals surface area contributed by atoms with Gasteiger partial charge in [0, 0.05) is 17.3 Å². The lowest BCUT2D eigenvalue weighted by atomic mass is 9.60. The van der Waals surface area contributed by atoms with E-state index in [0.717, 1.165) is 37.9 Å². The van der Waals surface area contributed by atoms with Crippen LogP contribution in [0.2, 0.25) is 0 Å². The summed E-state index contributed by atoms with van der Waals surface area (Å²) in [4.78, 5) is 24.1. The number of hydrogen-bond donors (Lipinski definition) is 2. The highest BCUT2D eigenvalue weighted by Gasteiger charge is 2.46. The van der Waals surface area contributed by atoms with E-state index in [2.05, 4.69) is 30.3 Å². The summed E-state index contributed by atoms with van der Waals surface area (Å²) in [7, 11) is 0. The number of aromatic nitrogens is 4. The van der Waals surface area contributed by atoms with Gasteiger partial charge in [-0.15, -0.1) is 0 Å². The van der Waals surface area contributed by atoms with E-state index in [4.69, 9.17) is 6.57 Å². The van der Waals surface area contributed by atoms with Gasteiger partial charge in [-0.25, -0.2) is 23.6 Å². The van der Waals surface area contributed by atoms with E-state index in [9.17, 15) is 13.6 Å². The van der Waals surface area contributed by atoms with Crippen LogP contribution in [-0.4, -0.2) is 32.0 Å². The third-order valence-corrected chi connectivity index (χ3v) is 6.68. The van der Waals surface area contributed by atoms with Gasteiger partial charge >= 0.3 is 0 Å². The van der Waals surface area contributed by atoms with E-state index in [1.165, 1.54) is 6.07 Å². The number of nitrogens with zero attached hydrogens (tertiary/aromatic N) is 4. The third-order valence-electron chi connectivity index (χ3n) is 6.68. The van der Waals surface area contributed by atoms with Crippen LogP contribution in [0.5, 0.6) is 0 Å². The Morgan fingerprint density at radius 2 is 1.97 bits per heavy atom. The first-order valence-electron chi connectivity index (χ1n) is 10.3. The fraction of sp³-hybridized carbons (Fsp3) is 0.409. The van der Waals surface area contributed by atoms with Crippen LogP contribution >= 0.6 is 0 Å². The van der Waals surface area contributed by atoms with Crippen molar-refractivity contribution < 1.29 is 13.6 Å². The van der Waals surface area contributed by atoms with Crippen molar-refractivity contribution in [2.24, 2.45) is 17.8 Å². The van der Waals surface area contributed by atoms with E-state index in [1.54, 1.807) is 6.92 Å². The molecule has 9 heteroatoms. The van der Waals surface area contributed by atoms with Crippen molar-refractivity contribution >= 4 is 28.3 Å². The lowest BCUT2D eigenvalue weighted by Gasteiger charge is -2.48. The Balaban J connectivity index is 1.58. The second-order valence-corrected chi connectivity index (χ2v) is 8.40. The molecule has 3 aliphatic rings. The molecule has 3 fully saturated rings. The molecule has 0 radical (unpaired) electrons. The first-order valence-corrected chi connectivity index (χ1v) is 10.3. The molecule has 2 atom stereocenters. The van der Waals surface area contributed by atoms with Gasteiger partial charge in [0.25, 0.3) is 0 Å². The van der Waals surface area contributed by atoms with Crippen molar-refractivity contribution in [2.75, 3.05) is 5.32 Å². The average molecular weight is 422 g/mol.